The summed E-state index contributed by atoms with van der Waals surface area (Å²) in [5.74, 6) is 2.40. The van der Waals surface area contributed by atoms with Crippen LogP contribution in [0.1, 0.15) is 11.1 Å². The minimum atomic E-state index is 0.124. The van der Waals surface area contributed by atoms with Crippen molar-refractivity contribution in [3.05, 3.63) is 59.7 Å². The standard InChI is InChI=1S/C18H16N2O/c1-2-11-21-18(19)20-12-14-7-3-5-9-16(14)17-10-6-4-8-15(17)13-20/h1,3-10,19H,11-13H2. The van der Waals surface area contributed by atoms with Crippen molar-refractivity contribution in [3.8, 4) is 23.5 Å². The van der Waals surface area contributed by atoms with Crippen molar-refractivity contribution < 1.29 is 4.74 Å². The molecule has 0 unspecified atom stereocenters. The van der Waals surface area contributed by atoms with E-state index in [4.69, 9.17) is 16.6 Å². The number of rotatable bonds is 1. The minimum absolute atomic E-state index is 0.124. The first kappa shape index (κ1) is 13.3. The zero-order chi connectivity index (χ0) is 14.7. The van der Waals surface area contributed by atoms with Gasteiger partial charge in [0.1, 0.15) is 0 Å². The second kappa shape index (κ2) is 5.72. The molecule has 1 aliphatic rings. The Bertz CT molecular complexity index is 668. The van der Waals surface area contributed by atoms with E-state index >= 15 is 0 Å². The molecule has 0 radical (unpaired) electrons. The van der Waals surface area contributed by atoms with Crippen LogP contribution in [0.2, 0.25) is 0 Å². The van der Waals surface area contributed by atoms with Crippen LogP contribution in [-0.4, -0.2) is 17.5 Å². The normalized spacial score (nSPS) is 12.6. The van der Waals surface area contributed by atoms with Gasteiger partial charge in [-0.3, -0.25) is 5.41 Å². The highest BCUT2D eigenvalue weighted by Gasteiger charge is 2.21. The number of amidine groups is 1. The van der Waals surface area contributed by atoms with Gasteiger partial charge in [0.05, 0.1) is 0 Å². The Labute approximate surface area is 124 Å². The molecule has 3 rings (SSSR count). The highest BCUT2D eigenvalue weighted by molar-refractivity contribution is 5.76. The summed E-state index contributed by atoms with van der Waals surface area (Å²) in [5.41, 5.74) is 4.83. The molecule has 0 aromatic heterocycles. The van der Waals surface area contributed by atoms with Crippen LogP contribution in [0.25, 0.3) is 11.1 Å². The number of nitrogens with zero attached hydrogens (tertiary/aromatic N) is 1. The molecule has 0 spiro atoms. The highest BCUT2D eigenvalue weighted by Crippen LogP contribution is 2.32. The number of hydrogen-bond donors (Lipinski definition) is 1. The van der Waals surface area contributed by atoms with Crippen LogP contribution in [0, 0.1) is 17.8 Å². The molecule has 0 saturated heterocycles. The van der Waals surface area contributed by atoms with Crippen molar-refractivity contribution >= 4 is 6.02 Å². The molecule has 0 bridgehead atoms. The number of terminal acetylenes is 1. The van der Waals surface area contributed by atoms with Gasteiger partial charge in [-0.15, -0.1) is 6.42 Å². The van der Waals surface area contributed by atoms with E-state index in [-0.39, 0.29) is 12.6 Å². The zero-order valence-electron chi connectivity index (χ0n) is 11.7. The fourth-order valence-corrected chi connectivity index (χ4v) is 2.65. The van der Waals surface area contributed by atoms with E-state index in [0.29, 0.717) is 13.1 Å². The maximum Gasteiger partial charge on any atom is 0.285 e. The van der Waals surface area contributed by atoms with Gasteiger partial charge in [-0.05, 0) is 22.3 Å². The van der Waals surface area contributed by atoms with E-state index in [0.717, 1.165) is 0 Å². The molecule has 0 fully saturated rings. The van der Waals surface area contributed by atoms with Crippen LogP contribution >= 0.6 is 0 Å². The van der Waals surface area contributed by atoms with Gasteiger partial charge in [0, 0.05) is 13.1 Å². The van der Waals surface area contributed by atoms with Gasteiger partial charge < -0.3 is 9.64 Å². The van der Waals surface area contributed by atoms with Crippen LogP contribution < -0.4 is 0 Å². The topological polar surface area (TPSA) is 36.3 Å². The van der Waals surface area contributed by atoms with Gasteiger partial charge in [0.2, 0.25) is 0 Å². The Kier molecular flexibility index (Phi) is 3.61. The lowest BCUT2D eigenvalue weighted by atomic mass is 9.97. The van der Waals surface area contributed by atoms with Gasteiger partial charge >= 0.3 is 0 Å². The van der Waals surface area contributed by atoms with Crippen molar-refractivity contribution in [2.24, 2.45) is 0 Å². The summed E-state index contributed by atoms with van der Waals surface area (Å²) >= 11 is 0. The SMILES string of the molecule is C#CCOC(=N)N1Cc2ccccc2-c2ccccc2C1. The Balaban J connectivity index is 2.01. The van der Waals surface area contributed by atoms with Crippen LogP contribution in [0.15, 0.2) is 48.5 Å². The third-order valence-corrected chi connectivity index (χ3v) is 3.63. The molecule has 0 saturated carbocycles. The summed E-state index contributed by atoms with van der Waals surface area (Å²) in [6, 6.07) is 16.7. The van der Waals surface area contributed by atoms with Crippen LogP contribution in [0.3, 0.4) is 0 Å². The van der Waals surface area contributed by atoms with Gasteiger partial charge in [0.15, 0.2) is 6.61 Å². The molecule has 1 aliphatic heterocycles. The summed E-state index contributed by atoms with van der Waals surface area (Å²) in [6.45, 7) is 1.42. The predicted octanol–water partition coefficient (Wildman–Crippen LogP) is 3.25. The van der Waals surface area contributed by atoms with E-state index in [9.17, 15) is 0 Å². The molecule has 1 N–H and O–H groups in total. The first-order valence-corrected chi connectivity index (χ1v) is 6.85. The van der Waals surface area contributed by atoms with E-state index in [1.54, 1.807) is 0 Å². The number of fused-ring (bicyclic) bond motifs is 3. The maximum absolute atomic E-state index is 8.07. The van der Waals surface area contributed by atoms with Crippen molar-refractivity contribution in [1.82, 2.24) is 4.90 Å². The average molecular weight is 276 g/mol. The Morgan fingerprint density at radius 2 is 1.57 bits per heavy atom. The first-order valence-electron chi connectivity index (χ1n) is 6.85. The molecule has 0 amide bonds. The van der Waals surface area contributed by atoms with E-state index in [1.165, 1.54) is 22.3 Å². The molecule has 2 aromatic carbocycles. The Morgan fingerprint density at radius 3 is 2.10 bits per heavy atom. The van der Waals surface area contributed by atoms with Crippen molar-refractivity contribution in [3.63, 3.8) is 0 Å². The summed E-state index contributed by atoms with van der Waals surface area (Å²) < 4.78 is 5.29. The third-order valence-electron chi connectivity index (χ3n) is 3.63. The lowest BCUT2D eigenvalue weighted by molar-refractivity contribution is 0.247. The maximum atomic E-state index is 8.07. The fraction of sp³-hybridized carbons (Fsp3) is 0.167. The average Bonchev–Trinajstić information content (AvgIpc) is 2.69. The molecular formula is C18H16N2O. The monoisotopic (exact) mass is 276 g/mol. The summed E-state index contributed by atoms with van der Waals surface area (Å²) in [7, 11) is 0. The van der Waals surface area contributed by atoms with Gasteiger partial charge in [-0.2, -0.15) is 0 Å². The molecule has 3 nitrogen and oxygen atoms in total. The summed E-state index contributed by atoms with van der Waals surface area (Å²) in [5, 5.41) is 8.07. The van der Waals surface area contributed by atoms with Gasteiger partial charge in [-0.1, -0.05) is 54.5 Å². The number of nitrogens with one attached hydrogen (secondary N) is 1. The lowest BCUT2D eigenvalue weighted by Crippen LogP contribution is -2.30. The zero-order valence-corrected chi connectivity index (χ0v) is 11.7. The first-order chi connectivity index (χ1) is 10.3. The van der Waals surface area contributed by atoms with Gasteiger partial charge in [-0.25, -0.2) is 0 Å². The van der Waals surface area contributed by atoms with E-state index in [1.807, 2.05) is 29.2 Å². The number of benzene rings is 2. The summed E-state index contributed by atoms with van der Waals surface area (Å²) in [4.78, 5) is 1.90. The van der Waals surface area contributed by atoms with Crippen molar-refractivity contribution in [1.29, 1.82) is 5.41 Å². The lowest BCUT2D eigenvalue weighted by Gasteiger charge is -2.22. The van der Waals surface area contributed by atoms with Crippen molar-refractivity contribution in [2.45, 2.75) is 13.1 Å². The molecule has 21 heavy (non-hydrogen) atoms. The molecule has 0 atom stereocenters. The Morgan fingerprint density at radius 1 is 1.05 bits per heavy atom. The molecule has 1 heterocycles. The summed E-state index contributed by atoms with van der Waals surface area (Å²) in [6.07, 6.45) is 5.20. The second-order valence-corrected chi connectivity index (χ2v) is 4.97. The quantitative estimate of drug-likeness (QED) is 0.493. The smallest absolute Gasteiger partial charge is 0.285 e. The van der Waals surface area contributed by atoms with Gasteiger partial charge in [0.25, 0.3) is 6.02 Å². The van der Waals surface area contributed by atoms with E-state index < -0.39 is 0 Å². The Hall–Kier alpha value is -2.73. The predicted molar refractivity (Wildman–Crippen MR) is 83.6 cm³/mol. The molecule has 2 aromatic rings. The highest BCUT2D eigenvalue weighted by atomic mass is 16.5. The van der Waals surface area contributed by atoms with Crippen LogP contribution in [-0.2, 0) is 17.8 Å². The third kappa shape index (κ3) is 2.61. The minimum Gasteiger partial charge on any atom is -0.452 e. The molecule has 104 valence electrons. The van der Waals surface area contributed by atoms with Crippen LogP contribution in [0.4, 0.5) is 0 Å². The molecular weight excluding hydrogens is 260 g/mol. The largest absolute Gasteiger partial charge is 0.452 e. The second-order valence-electron chi connectivity index (χ2n) is 4.97. The molecule has 3 heteroatoms. The molecule has 0 aliphatic carbocycles. The number of ether oxygens (including phenoxy) is 1. The van der Waals surface area contributed by atoms with Crippen LogP contribution in [0.5, 0.6) is 0 Å². The van der Waals surface area contributed by atoms with Crippen molar-refractivity contribution in [2.75, 3.05) is 6.61 Å². The fourth-order valence-electron chi connectivity index (χ4n) is 2.65. The number of hydrogen-bond acceptors (Lipinski definition) is 2. The van der Waals surface area contributed by atoms with E-state index in [2.05, 4.69) is 30.2 Å².